The summed E-state index contributed by atoms with van der Waals surface area (Å²) < 4.78 is 28.8. The van der Waals surface area contributed by atoms with Crippen LogP contribution in [0.5, 0.6) is 0 Å². The highest BCUT2D eigenvalue weighted by Gasteiger charge is 2.38. The zero-order valence-corrected chi connectivity index (χ0v) is 18.6. The van der Waals surface area contributed by atoms with E-state index in [0.29, 0.717) is 43.9 Å². The third-order valence-electron chi connectivity index (χ3n) is 5.81. The Morgan fingerprint density at radius 1 is 1.33 bits per heavy atom. The summed E-state index contributed by atoms with van der Waals surface area (Å²) in [5.74, 6) is -0.354. The molecule has 30 heavy (non-hydrogen) atoms. The predicted molar refractivity (Wildman–Crippen MR) is 115 cm³/mol. The molecule has 9 nitrogen and oxygen atoms in total. The first-order valence-corrected chi connectivity index (χ1v) is 11.7. The minimum atomic E-state index is -4.02. The molecule has 2 saturated heterocycles. The van der Waals surface area contributed by atoms with Gasteiger partial charge in [0.25, 0.3) is 0 Å². The van der Waals surface area contributed by atoms with Gasteiger partial charge in [-0.15, -0.1) is 0 Å². The lowest BCUT2D eigenvalue weighted by Crippen LogP contribution is -2.64. The van der Waals surface area contributed by atoms with Crippen molar-refractivity contribution in [3.8, 4) is 0 Å². The molecule has 0 bridgehead atoms. The molecule has 4 N–H and O–H groups in total. The smallest absolute Gasteiger partial charge is 0.242 e. The SMILES string of the molecule is Cc1c(N2CCCC2=O)cccc1S(=O)(=O)N[C@@H](CN)C(=O)N1CCNCC1(C)C. The standard InChI is InChI=1S/C20H31N5O4S/c1-14-16(24-10-5-8-18(24)26)6-4-7-17(14)30(28,29)23-15(12-21)19(27)25-11-9-22-13-20(25,2)3/h4,6-7,15,22-23H,5,8-13,21H2,1-3H3/t15-/m0/s1. The molecule has 0 aliphatic carbocycles. The first kappa shape index (κ1) is 22.7. The first-order valence-electron chi connectivity index (χ1n) is 10.2. The molecule has 0 unspecified atom stereocenters. The maximum Gasteiger partial charge on any atom is 0.242 e. The van der Waals surface area contributed by atoms with Gasteiger partial charge >= 0.3 is 0 Å². The van der Waals surface area contributed by atoms with E-state index in [-0.39, 0.29) is 23.3 Å². The van der Waals surface area contributed by atoms with E-state index < -0.39 is 21.6 Å². The number of amides is 2. The predicted octanol–water partition coefficient (Wildman–Crippen LogP) is -0.0622. The number of anilines is 1. The number of hydrogen-bond acceptors (Lipinski definition) is 6. The van der Waals surface area contributed by atoms with Crippen LogP contribution in [0.4, 0.5) is 5.69 Å². The van der Waals surface area contributed by atoms with E-state index in [1.54, 1.807) is 28.9 Å². The number of nitrogens with one attached hydrogen (secondary N) is 2. The summed E-state index contributed by atoms with van der Waals surface area (Å²) >= 11 is 0. The lowest BCUT2D eigenvalue weighted by Gasteiger charge is -2.44. The van der Waals surface area contributed by atoms with Crippen LogP contribution < -0.4 is 20.7 Å². The Kier molecular flexibility index (Phi) is 6.51. The number of rotatable bonds is 6. The maximum absolute atomic E-state index is 13.2. The highest BCUT2D eigenvalue weighted by molar-refractivity contribution is 7.89. The fourth-order valence-electron chi connectivity index (χ4n) is 4.12. The molecule has 2 aliphatic rings. The summed E-state index contributed by atoms with van der Waals surface area (Å²) in [4.78, 5) is 28.6. The van der Waals surface area contributed by atoms with Crippen LogP contribution in [0.15, 0.2) is 23.1 Å². The highest BCUT2D eigenvalue weighted by Crippen LogP contribution is 2.29. The summed E-state index contributed by atoms with van der Waals surface area (Å²) in [5.41, 5.74) is 6.41. The van der Waals surface area contributed by atoms with E-state index in [4.69, 9.17) is 5.73 Å². The van der Waals surface area contributed by atoms with Crippen molar-refractivity contribution >= 4 is 27.5 Å². The van der Waals surface area contributed by atoms with Gasteiger partial charge in [0.1, 0.15) is 6.04 Å². The first-order chi connectivity index (χ1) is 14.1. The normalized spacial score (nSPS) is 20.5. The number of nitrogens with zero attached hydrogens (tertiary/aromatic N) is 2. The maximum atomic E-state index is 13.2. The molecular weight excluding hydrogens is 406 g/mol. The fourth-order valence-corrected chi connectivity index (χ4v) is 5.58. The second-order valence-corrected chi connectivity index (χ2v) is 10.1. The Labute approximate surface area is 178 Å². The number of hydrogen-bond donors (Lipinski definition) is 3. The van der Waals surface area contributed by atoms with Gasteiger partial charge in [-0.2, -0.15) is 4.72 Å². The third kappa shape index (κ3) is 4.36. The second kappa shape index (κ2) is 8.62. The van der Waals surface area contributed by atoms with Crippen molar-refractivity contribution in [3.05, 3.63) is 23.8 Å². The van der Waals surface area contributed by atoms with E-state index in [0.717, 1.165) is 6.42 Å². The number of sulfonamides is 1. The zero-order chi connectivity index (χ0) is 22.1. The molecule has 0 saturated carbocycles. The van der Waals surface area contributed by atoms with Crippen LogP contribution in [-0.2, 0) is 19.6 Å². The van der Waals surface area contributed by atoms with Crippen molar-refractivity contribution in [2.24, 2.45) is 5.73 Å². The van der Waals surface area contributed by atoms with Gasteiger partial charge in [0, 0.05) is 50.4 Å². The fraction of sp³-hybridized carbons (Fsp3) is 0.600. The summed E-state index contributed by atoms with van der Waals surface area (Å²) in [6.45, 7) is 7.70. The van der Waals surface area contributed by atoms with E-state index in [1.165, 1.54) is 6.07 Å². The van der Waals surface area contributed by atoms with Crippen molar-refractivity contribution in [1.29, 1.82) is 0 Å². The minimum Gasteiger partial charge on any atom is -0.334 e. The van der Waals surface area contributed by atoms with Crippen LogP contribution in [0, 0.1) is 6.92 Å². The van der Waals surface area contributed by atoms with Gasteiger partial charge in [0.2, 0.25) is 21.8 Å². The number of benzene rings is 1. The monoisotopic (exact) mass is 437 g/mol. The Bertz CT molecular complexity index is 931. The molecule has 166 valence electrons. The molecule has 2 fully saturated rings. The van der Waals surface area contributed by atoms with Gasteiger partial charge in [0.05, 0.1) is 4.90 Å². The quantitative estimate of drug-likeness (QED) is 0.573. The lowest BCUT2D eigenvalue weighted by atomic mass is 9.99. The molecule has 0 aromatic heterocycles. The molecule has 3 rings (SSSR count). The van der Waals surface area contributed by atoms with Gasteiger partial charge in [-0.3, -0.25) is 9.59 Å². The van der Waals surface area contributed by atoms with E-state index in [2.05, 4.69) is 10.0 Å². The molecule has 1 aromatic carbocycles. The molecule has 10 heteroatoms. The van der Waals surface area contributed by atoms with E-state index in [1.807, 2.05) is 13.8 Å². The molecule has 0 radical (unpaired) electrons. The average Bonchev–Trinajstić information content (AvgIpc) is 3.11. The Hall–Kier alpha value is -2.01. The second-order valence-electron chi connectivity index (χ2n) is 8.44. The van der Waals surface area contributed by atoms with Gasteiger partial charge in [0.15, 0.2) is 0 Å². The summed E-state index contributed by atoms with van der Waals surface area (Å²) in [7, 11) is -4.02. The summed E-state index contributed by atoms with van der Waals surface area (Å²) in [6.07, 6.45) is 1.20. The zero-order valence-electron chi connectivity index (χ0n) is 17.8. The molecule has 2 amide bonds. The topological polar surface area (TPSA) is 125 Å². The van der Waals surface area contributed by atoms with Crippen molar-refractivity contribution in [2.75, 3.05) is 37.6 Å². The minimum absolute atomic E-state index is 0.0171. The van der Waals surface area contributed by atoms with Gasteiger partial charge in [-0.25, -0.2) is 8.42 Å². The van der Waals surface area contributed by atoms with Crippen molar-refractivity contribution in [2.45, 2.75) is 50.1 Å². The Morgan fingerprint density at radius 2 is 2.07 bits per heavy atom. The average molecular weight is 438 g/mol. The third-order valence-corrected chi connectivity index (χ3v) is 7.42. The number of nitrogens with two attached hydrogens (primary N) is 1. The summed E-state index contributed by atoms with van der Waals surface area (Å²) in [5, 5.41) is 3.24. The lowest BCUT2D eigenvalue weighted by molar-refractivity contribution is -0.139. The number of carbonyl (C=O) groups is 2. The Morgan fingerprint density at radius 3 is 2.67 bits per heavy atom. The van der Waals surface area contributed by atoms with Crippen LogP contribution in [0.2, 0.25) is 0 Å². The van der Waals surface area contributed by atoms with Crippen molar-refractivity contribution in [3.63, 3.8) is 0 Å². The molecule has 2 aliphatic heterocycles. The molecular formula is C20H31N5O4S. The number of piperazine rings is 1. The van der Waals surface area contributed by atoms with E-state index in [9.17, 15) is 18.0 Å². The molecule has 2 heterocycles. The number of carbonyl (C=O) groups excluding carboxylic acids is 2. The van der Waals surface area contributed by atoms with Crippen LogP contribution in [-0.4, -0.2) is 69.4 Å². The van der Waals surface area contributed by atoms with Crippen LogP contribution in [0.3, 0.4) is 0 Å². The van der Waals surface area contributed by atoms with Gasteiger partial charge < -0.3 is 20.9 Å². The van der Waals surface area contributed by atoms with E-state index >= 15 is 0 Å². The van der Waals surface area contributed by atoms with Crippen molar-refractivity contribution < 1.29 is 18.0 Å². The highest BCUT2D eigenvalue weighted by atomic mass is 32.2. The van der Waals surface area contributed by atoms with Crippen LogP contribution in [0.1, 0.15) is 32.3 Å². The van der Waals surface area contributed by atoms with Crippen LogP contribution in [0.25, 0.3) is 0 Å². The molecule has 0 spiro atoms. The molecule has 1 atom stereocenters. The Balaban J connectivity index is 1.86. The van der Waals surface area contributed by atoms with Gasteiger partial charge in [-0.1, -0.05) is 6.07 Å². The van der Waals surface area contributed by atoms with Crippen LogP contribution >= 0.6 is 0 Å². The largest absolute Gasteiger partial charge is 0.334 e. The summed E-state index contributed by atoms with van der Waals surface area (Å²) in [6, 6.07) is 3.77. The molecule has 1 aromatic rings. The van der Waals surface area contributed by atoms with Crippen molar-refractivity contribution in [1.82, 2.24) is 14.9 Å². The van der Waals surface area contributed by atoms with Gasteiger partial charge in [-0.05, 0) is 44.9 Å².